The van der Waals surface area contributed by atoms with Gasteiger partial charge in [0.25, 0.3) is 0 Å². The Bertz CT molecular complexity index is 259. The molecule has 0 spiro atoms. The van der Waals surface area contributed by atoms with Gasteiger partial charge < -0.3 is 0 Å². The van der Waals surface area contributed by atoms with E-state index in [1.807, 2.05) is 6.08 Å². The maximum atomic E-state index is 3.83. The largest absolute Gasteiger partial charge is 0.103 e. The Balaban J connectivity index is 2.72. The molecule has 1 aromatic rings. The third-order valence-electron chi connectivity index (χ3n) is 2.48. The first kappa shape index (κ1) is 11.0. The van der Waals surface area contributed by atoms with Gasteiger partial charge in [-0.3, -0.25) is 0 Å². The van der Waals surface area contributed by atoms with Crippen molar-refractivity contribution in [3.8, 4) is 0 Å². The van der Waals surface area contributed by atoms with Crippen molar-refractivity contribution in [1.82, 2.24) is 0 Å². The van der Waals surface area contributed by atoms with Crippen molar-refractivity contribution in [2.24, 2.45) is 5.92 Å². The summed E-state index contributed by atoms with van der Waals surface area (Å²) in [6.45, 7) is 8.39. The van der Waals surface area contributed by atoms with Crippen molar-refractivity contribution < 1.29 is 0 Å². The molecule has 1 rings (SSSR count). The highest BCUT2D eigenvalue weighted by Crippen LogP contribution is 2.26. The topological polar surface area (TPSA) is 0 Å². The molecule has 0 aromatic heterocycles. The molecule has 76 valence electrons. The van der Waals surface area contributed by atoms with Gasteiger partial charge in [0.2, 0.25) is 0 Å². The molecule has 0 heterocycles. The van der Waals surface area contributed by atoms with E-state index in [1.54, 1.807) is 0 Å². The molecular formula is C14H20. The van der Waals surface area contributed by atoms with Gasteiger partial charge in [0.15, 0.2) is 0 Å². The van der Waals surface area contributed by atoms with Crippen LogP contribution in [-0.2, 0) is 0 Å². The SMILES string of the molecule is C=CCC(CC(C)C)c1ccccc1. The van der Waals surface area contributed by atoms with Gasteiger partial charge in [0.05, 0.1) is 0 Å². The van der Waals surface area contributed by atoms with Crippen LogP contribution in [0.1, 0.15) is 38.2 Å². The molecule has 0 fully saturated rings. The molecule has 0 amide bonds. The minimum Gasteiger partial charge on any atom is -0.103 e. The van der Waals surface area contributed by atoms with Gasteiger partial charge in [-0.05, 0) is 30.2 Å². The van der Waals surface area contributed by atoms with Crippen LogP contribution in [0.15, 0.2) is 43.0 Å². The van der Waals surface area contributed by atoms with Crippen LogP contribution >= 0.6 is 0 Å². The van der Waals surface area contributed by atoms with Crippen molar-refractivity contribution >= 4 is 0 Å². The zero-order chi connectivity index (χ0) is 10.4. The Labute approximate surface area is 87.7 Å². The maximum Gasteiger partial charge on any atom is -0.0125 e. The molecule has 0 heteroatoms. The molecule has 0 radical (unpaired) electrons. The van der Waals surface area contributed by atoms with Crippen LogP contribution < -0.4 is 0 Å². The highest BCUT2D eigenvalue weighted by atomic mass is 14.2. The molecule has 0 nitrogen and oxygen atoms in total. The van der Waals surface area contributed by atoms with Crippen LogP contribution in [0.2, 0.25) is 0 Å². The van der Waals surface area contributed by atoms with Crippen LogP contribution in [0.25, 0.3) is 0 Å². The lowest BCUT2D eigenvalue weighted by Gasteiger charge is -2.17. The third kappa shape index (κ3) is 3.37. The first-order valence-electron chi connectivity index (χ1n) is 5.40. The van der Waals surface area contributed by atoms with Gasteiger partial charge in [-0.25, -0.2) is 0 Å². The van der Waals surface area contributed by atoms with E-state index >= 15 is 0 Å². The monoisotopic (exact) mass is 188 g/mol. The molecule has 14 heavy (non-hydrogen) atoms. The van der Waals surface area contributed by atoms with Crippen molar-refractivity contribution in [2.45, 2.75) is 32.6 Å². The van der Waals surface area contributed by atoms with E-state index in [-0.39, 0.29) is 0 Å². The van der Waals surface area contributed by atoms with E-state index in [4.69, 9.17) is 0 Å². The zero-order valence-electron chi connectivity index (χ0n) is 9.24. The quantitative estimate of drug-likeness (QED) is 0.601. The first-order valence-corrected chi connectivity index (χ1v) is 5.40. The maximum absolute atomic E-state index is 3.83. The molecule has 0 bridgehead atoms. The van der Waals surface area contributed by atoms with E-state index in [1.165, 1.54) is 12.0 Å². The van der Waals surface area contributed by atoms with Crippen molar-refractivity contribution in [3.05, 3.63) is 48.6 Å². The first-order chi connectivity index (χ1) is 6.74. The lowest BCUT2D eigenvalue weighted by molar-refractivity contribution is 0.502. The summed E-state index contributed by atoms with van der Waals surface area (Å²) in [6, 6.07) is 10.7. The number of benzene rings is 1. The van der Waals surface area contributed by atoms with Crippen LogP contribution in [-0.4, -0.2) is 0 Å². The normalized spacial score (nSPS) is 12.8. The van der Waals surface area contributed by atoms with Gasteiger partial charge in [-0.15, -0.1) is 6.58 Å². The highest BCUT2D eigenvalue weighted by molar-refractivity contribution is 5.20. The average Bonchev–Trinajstić information content (AvgIpc) is 2.18. The van der Waals surface area contributed by atoms with E-state index in [0.717, 1.165) is 12.3 Å². The molecule has 0 aliphatic carbocycles. The lowest BCUT2D eigenvalue weighted by Crippen LogP contribution is -2.01. The fraction of sp³-hybridized carbons (Fsp3) is 0.429. The molecule has 0 aliphatic heterocycles. The average molecular weight is 188 g/mol. The predicted octanol–water partition coefficient (Wildman–Crippen LogP) is 4.39. The summed E-state index contributed by atoms with van der Waals surface area (Å²) >= 11 is 0. The molecule has 1 aromatic carbocycles. The summed E-state index contributed by atoms with van der Waals surface area (Å²) in [5.41, 5.74) is 1.45. The minimum absolute atomic E-state index is 0.647. The number of hydrogen-bond donors (Lipinski definition) is 0. The van der Waals surface area contributed by atoms with E-state index < -0.39 is 0 Å². The summed E-state index contributed by atoms with van der Waals surface area (Å²) in [7, 11) is 0. The molecule has 1 unspecified atom stereocenters. The molecule has 0 N–H and O–H groups in total. The van der Waals surface area contributed by atoms with E-state index in [9.17, 15) is 0 Å². The third-order valence-corrected chi connectivity index (χ3v) is 2.48. The fourth-order valence-corrected chi connectivity index (χ4v) is 1.86. The Hall–Kier alpha value is -1.04. The van der Waals surface area contributed by atoms with Gasteiger partial charge in [-0.2, -0.15) is 0 Å². The Morgan fingerprint density at radius 2 is 1.86 bits per heavy atom. The number of hydrogen-bond acceptors (Lipinski definition) is 0. The smallest absolute Gasteiger partial charge is 0.0125 e. The minimum atomic E-state index is 0.647. The van der Waals surface area contributed by atoms with Crippen molar-refractivity contribution in [1.29, 1.82) is 0 Å². The number of rotatable bonds is 5. The molecular weight excluding hydrogens is 168 g/mol. The van der Waals surface area contributed by atoms with Gasteiger partial charge in [0, 0.05) is 0 Å². The fourth-order valence-electron chi connectivity index (χ4n) is 1.86. The number of allylic oxidation sites excluding steroid dienone is 1. The molecule has 0 aliphatic rings. The standard InChI is InChI=1S/C14H20/c1-4-8-14(11-12(2)3)13-9-6-5-7-10-13/h4-7,9-10,12,14H,1,8,11H2,2-3H3. The Morgan fingerprint density at radius 3 is 2.36 bits per heavy atom. The summed E-state index contributed by atoms with van der Waals surface area (Å²) in [5.74, 6) is 1.40. The molecule has 1 atom stereocenters. The van der Waals surface area contributed by atoms with E-state index in [2.05, 4.69) is 50.8 Å². The van der Waals surface area contributed by atoms with Crippen molar-refractivity contribution in [2.75, 3.05) is 0 Å². The second-order valence-electron chi connectivity index (χ2n) is 4.26. The molecule has 0 saturated carbocycles. The van der Waals surface area contributed by atoms with Crippen LogP contribution in [0.3, 0.4) is 0 Å². The summed E-state index contributed by atoms with van der Waals surface area (Å²) in [4.78, 5) is 0. The predicted molar refractivity (Wildman–Crippen MR) is 63.5 cm³/mol. The summed E-state index contributed by atoms with van der Waals surface area (Å²) < 4.78 is 0. The summed E-state index contributed by atoms with van der Waals surface area (Å²) in [5, 5.41) is 0. The Morgan fingerprint density at radius 1 is 1.21 bits per heavy atom. The van der Waals surface area contributed by atoms with Crippen LogP contribution in [0.4, 0.5) is 0 Å². The second-order valence-corrected chi connectivity index (χ2v) is 4.26. The lowest BCUT2D eigenvalue weighted by atomic mass is 9.88. The zero-order valence-corrected chi connectivity index (χ0v) is 9.24. The van der Waals surface area contributed by atoms with Crippen LogP contribution in [0, 0.1) is 5.92 Å². The summed E-state index contributed by atoms with van der Waals surface area (Å²) in [6.07, 6.45) is 4.36. The van der Waals surface area contributed by atoms with Gasteiger partial charge in [-0.1, -0.05) is 50.3 Å². The molecule has 0 saturated heterocycles. The van der Waals surface area contributed by atoms with Crippen molar-refractivity contribution in [3.63, 3.8) is 0 Å². The highest BCUT2D eigenvalue weighted by Gasteiger charge is 2.10. The second kappa shape index (κ2) is 5.64. The van der Waals surface area contributed by atoms with Gasteiger partial charge >= 0.3 is 0 Å². The van der Waals surface area contributed by atoms with Crippen LogP contribution in [0.5, 0.6) is 0 Å². The Kier molecular flexibility index (Phi) is 4.45. The van der Waals surface area contributed by atoms with E-state index in [0.29, 0.717) is 5.92 Å². The van der Waals surface area contributed by atoms with Gasteiger partial charge in [0.1, 0.15) is 0 Å².